The summed E-state index contributed by atoms with van der Waals surface area (Å²) in [4.78, 5) is 47.6. The van der Waals surface area contributed by atoms with Crippen molar-refractivity contribution < 1.29 is 14.3 Å². The van der Waals surface area contributed by atoms with Gasteiger partial charge in [0, 0.05) is 17.1 Å². The van der Waals surface area contributed by atoms with Crippen LogP contribution < -0.4 is 19.8 Å². The van der Waals surface area contributed by atoms with Crippen molar-refractivity contribution in [1.82, 2.24) is 4.57 Å². The van der Waals surface area contributed by atoms with Crippen LogP contribution in [0.1, 0.15) is 50.8 Å². The zero-order chi connectivity index (χ0) is 26.3. The van der Waals surface area contributed by atoms with E-state index in [0.717, 1.165) is 35.4 Å². The molecule has 1 amide bonds. The number of unbranched alkanes of at least 4 members (excludes halogenated alkanes) is 1. The molecule has 0 unspecified atom stereocenters. The molecule has 0 spiro atoms. The molecule has 0 aliphatic carbocycles. The molecule has 0 radical (unpaired) electrons. The van der Waals surface area contributed by atoms with Crippen LogP contribution in [0.5, 0.6) is 0 Å². The van der Waals surface area contributed by atoms with E-state index >= 15 is 0 Å². The predicted molar refractivity (Wildman–Crippen MR) is 144 cm³/mol. The van der Waals surface area contributed by atoms with Crippen LogP contribution in [0.25, 0.3) is 5.57 Å². The minimum Gasteiger partial charge on any atom is -0.463 e. The van der Waals surface area contributed by atoms with Gasteiger partial charge in [-0.15, -0.1) is 0 Å². The highest BCUT2D eigenvalue weighted by atomic mass is 35.5. The molecule has 0 bridgehead atoms. The lowest BCUT2D eigenvalue weighted by molar-refractivity contribution is -0.139. The van der Waals surface area contributed by atoms with E-state index < -0.39 is 17.6 Å². The number of rotatable bonds is 6. The summed E-state index contributed by atoms with van der Waals surface area (Å²) in [5, 5.41) is 0.412. The van der Waals surface area contributed by atoms with Crippen molar-refractivity contribution in [2.75, 3.05) is 18.1 Å². The molecule has 1 atom stereocenters. The minimum atomic E-state index is -0.832. The molecule has 190 valence electrons. The maximum Gasteiger partial charge on any atom is 0.338 e. The number of aromatic nitrogens is 1. The van der Waals surface area contributed by atoms with Gasteiger partial charge in [-0.05, 0) is 38.0 Å². The molecule has 1 aromatic heterocycles. The quantitative estimate of drug-likeness (QED) is 0.447. The monoisotopic (exact) mass is 535 g/mol. The Balaban J connectivity index is 1.80. The molecule has 2 aliphatic heterocycles. The van der Waals surface area contributed by atoms with Gasteiger partial charge in [-0.3, -0.25) is 14.2 Å². The summed E-state index contributed by atoms with van der Waals surface area (Å²) in [5.41, 5.74) is 2.79. The fourth-order valence-electron chi connectivity index (χ4n) is 4.87. The van der Waals surface area contributed by atoms with Crippen molar-refractivity contribution in [3.05, 3.63) is 95.6 Å². The molecule has 0 saturated heterocycles. The maximum absolute atomic E-state index is 14.1. The molecule has 2 aliphatic rings. The van der Waals surface area contributed by atoms with Gasteiger partial charge in [0.05, 0.1) is 29.1 Å². The number of halogens is 1. The Kier molecular flexibility index (Phi) is 6.88. The molecule has 0 fully saturated rings. The lowest BCUT2D eigenvalue weighted by atomic mass is 9.96. The lowest BCUT2D eigenvalue weighted by Crippen LogP contribution is -2.41. The normalized spacial score (nSPS) is 18.0. The number of carbonyl (C=O) groups is 2. The topological polar surface area (TPSA) is 81.0 Å². The molecule has 37 heavy (non-hydrogen) atoms. The third-order valence-electron chi connectivity index (χ3n) is 6.58. The van der Waals surface area contributed by atoms with Crippen LogP contribution in [0.15, 0.2) is 69.6 Å². The number of para-hydroxylation sites is 1. The summed E-state index contributed by atoms with van der Waals surface area (Å²) in [6.07, 6.45) is 1.79. The Labute approximate surface area is 223 Å². The number of fused-ring (bicyclic) bond motifs is 2. The van der Waals surface area contributed by atoms with E-state index in [0.29, 0.717) is 37.7 Å². The van der Waals surface area contributed by atoms with Gasteiger partial charge in [0.2, 0.25) is 0 Å². The number of carbonyl (C=O) groups excluding carboxylic acids is 2. The van der Waals surface area contributed by atoms with Crippen LogP contribution in [-0.4, -0.2) is 29.6 Å². The highest BCUT2D eigenvalue weighted by Gasteiger charge is 2.37. The van der Waals surface area contributed by atoms with Crippen LogP contribution in [0, 0.1) is 0 Å². The van der Waals surface area contributed by atoms with Crippen LogP contribution in [0.3, 0.4) is 0 Å². The van der Waals surface area contributed by atoms with Gasteiger partial charge < -0.3 is 9.64 Å². The third-order valence-corrected chi connectivity index (χ3v) is 7.98. The number of nitrogens with zero attached hydrogens (tertiary/aromatic N) is 3. The number of hydrogen-bond donors (Lipinski definition) is 0. The molecule has 0 N–H and O–H groups in total. The highest BCUT2D eigenvalue weighted by molar-refractivity contribution is 7.07. The first kappa shape index (κ1) is 25.2. The van der Waals surface area contributed by atoms with E-state index in [9.17, 15) is 14.4 Å². The Hall–Kier alpha value is -3.49. The second-order valence-corrected chi connectivity index (χ2v) is 10.2. The van der Waals surface area contributed by atoms with Crippen molar-refractivity contribution in [3.63, 3.8) is 0 Å². The Bertz CT molecular complexity index is 1640. The van der Waals surface area contributed by atoms with E-state index in [4.69, 9.17) is 16.3 Å². The number of amides is 1. The molecule has 0 saturated carbocycles. The minimum absolute atomic E-state index is 0.179. The highest BCUT2D eigenvalue weighted by Crippen LogP contribution is 2.36. The van der Waals surface area contributed by atoms with Crippen LogP contribution in [-0.2, 0) is 14.3 Å². The van der Waals surface area contributed by atoms with E-state index in [1.165, 1.54) is 4.57 Å². The molecular weight excluding hydrogens is 510 g/mol. The van der Waals surface area contributed by atoms with Gasteiger partial charge in [0.1, 0.15) is 10.6 Å². The van der Waals surface area contributed by atoms with Gasteiger partial charge >= 0.3 is 5.97 Å². The molecule has 5 rings (SSSR count). The molecule has 3 heterocycles. The van der Waals surface area contributed by atoms with Crippen LogP contribution in [0.2, 0.25) is 5.02 Å². The predicted octanol–water partition coefficient (Wildman–Crippen LogP) is 3.97. The van der Waals surface area contributed by atoms with Gasteiger partial charge in [0.25, 0.3) is 11.5 Å². The van der Waals surface area contributed by atoms with Gasteiger partial charge in [-0.2, -0.15) is 0 Å². The third kappa shape index (κ3) is 4.14. The number of anilines is 1. The number of esters is 1. The number of hydrogen-bond acceptors (Lipinski definition) is 6. The molecule has 2 aromatic carbocycles. The summed E-state index contributed by atoms with van der Waals surface area (Å²) in [7, 11) is 0. The number of ether oxygens (including phenoxy) is 1. The van der Waals surface area contributed by atoms with E-state index in [1.54, 1.807) is 43.0 Å². The van der Waals surface area contributed by atoms with Crippen molar-refractivity contribution in [2.45, 2.75) is 39.7 Å². The average molecular weight is 536 g/mol. The Morgan fingerprint density at radius 2 is 1.84 bits per heavy atom. The molecule has 7 nitrogen and oxygen atoms in total. The molecular formula is C28H26ClN3O4S. The zero-order valence-electron chi connectivity index (χ0n) is 20.8. The summed E-state index contributed by atoms with van der Waals surface area (Å²) < 4.78 is 7.11. The van der Waals surface area contributed by atoms with Crippen molar-refractivity contribution in [3.8, 4) is 0 Å². The summed E-state index contributed by atoms with van der Waals surface area (Å²) in [6, 6.07) is 13.8. The first-order valence-corrected chi connectivity index (χ1v) is 13.5. The lowest BCUT2D eigenvalue weighted by Gasteiger charge is -2.25. The zero-order valence-corrected chi connectivity index (χ0v) is 22.4. The van der Waals surface area contributed by atoms with Crippen LogP contribution in [0.4, 0.5) is 5.69 Å². The number of allylic oxidation sites excluding steroid dienone is 1. The van der Waals surface area contributed by atoms with Crippen molar-refractivity contribution in [2.24, 2.45) is 4.99 Å². The van der Waals surface area contributed by atoms with Crippen molar-refractivity contribution in [1.29, 1.82) is 0 Å². The largest absolute Gasteiger partial charge is 0.463 e. The fraction of sp³-hybridized carbons (Fsp3) is 0.286. The van der Waals surface area contributed by atoms with Crippen molar-refractivity contribution >= 4 is 46.1 Å². The number of benzene rings is 2. The van der Waals surface area contributed by atoms with Gasteiger partial charge in [0.15, 0.2) is 4.80 Å². The second kappa shape index (κ2) is 10.1. The van der Waals surface area contributed by atoms with E-state index in [2.05, 4.69) is 11.9 Å². The fourth-order valence-corrected chi connectivity index (χ4v) is 6.25. The first-order chi connectivity index (χ1) is 17.9. The summed E-state index contributed by atoms with van der Waals surface area (Å²) in [6.45, 7) is 6.27. The SMILES string of the molecule is CCCCN1C(=O)/C(=c2\sc3n(c2=O)[C@@H](c2ccccc2Cl)C(C(=O)OCC)=C(C)N=3)c2ccccc21. The van der Waals surface area contributed by atoms with Gasteiger partial charge in [-0.1, -0.05) is 72.7 Å². The first-order valence-electron chi connectivity index (χ1n) is 12.3. The van der Waals surface area contributed by atoms with Crippen LogP contribution >= 0.6 is 22.9 Å². The maximum atomic E-state index is 14.1. The van der Waals surface area contributed by atoms with Gasteiger partial charge in [-0.25, -0.2) is 9.79 Å². The average Bonchev–Trinajstić information content (AvgIpc) is 3.34. The number of thiazole rings is 1. The summed E-state index contributed by atoms with van der Waals surface area (Å²) >= 11 is 7.74. The smallest absolute Gasteiger partial charge is 0.338 e. The van der Waals surface area contributed by atoms with E-state index in [1.807, 2.05) is 24.3 Å². The summed E-state index contributed by atoms with van der Waals surface area (Å²) in [5.74, 6) is -0.754. The Morgan fingerprint density at radius 3 is 2.57 bits per heavy atom. The molecule has 3 aromatic rings. The Morgan fingerprint density at radius 1 is 1.11 bits per heavy atom. The standard InChI is InChI=1S/C28H26ClN3O4S/c1-4-6-15-31-20-14-10-8-12-18(20)22(25(31)33)24-26(34)32-23(17-11-7-9-13-19(17)29)21(27(35)36-5-2)16(3)30-28(32)37-24/h7-14,23H,4-6,15H2,1-3H3/b24-22-/t23-/m0/s1. The van der Waals surface area contributed by atoms with E-state index in [-0.39, 0.29) is 18.1 Å². The molecule has 9 heteroatoms. The second-order valence-electron chi connectivity index (χ2n) is 8.85.